The first-order chi connectivity index (χ1) is 9.58. The summed E-state index contributed by atoms with van der Waals surface area (Å²) >= 11 is 6.16. The summed E-state index contributed by atoms with van der Waals surface area (Å²) in [7, 11) is 0. The molecule has 2 aromatic carbocycles. The topological polar surface area (TPSA) is 23.8 Å². The highest BCUT2D eigenvalue weighted by Gasteiger charge is 2.41. The Kier molecular flexibility index (Phi) is 4.43. The Hall–Kier alpha value is -1.42. The van der Waals surface area contributed by atoms with Crippen molar-refractivity contribution in [1.82, 2.24) is 0 Å². The van der Waals surface area contributed by atoms with E-state index in [2.05, 4.69) is 37.3 Å². The molecule has 0 heterocycles. The fraction of sp³-hybridized carbons (Fsp3) is 0.235. The molecule has 0 amide bonds. The summed E-state index contributed by atoms with van der Waals surface area (Å²) in [6.45, 7) is 4.06. The van der Waals surface area contributed by atoms with Crippen LogP contribution in [0.1, 0.15) is 20.3 Å². The van der Waals surface area contributed by atoms with Crippen molar-refractivity contribution in [1.29, 1.82) is 5.26 Å². The fourth-order valence-electron chi connectivity index (χ4n) is 2.37. The highest BCUT2D eigenvalue weighted by Crippen LogP contribution is 2.57. The first-order valence-electron chi connectivity index (χ1n) is 6.71. The largest absolute Gasteiger partial charge is 0.197 e. The molecule has 0 radical (unpaired) electrons. The number of hydrogen-bond donors (Lipinski definition) is 0. The number of nitriles is 1. The van der Waals surface area contributed by atoms with Gasteiger partial charge in [0.1, 0.15) is 0 Å². The van der Waals surface area contributed by atoms with E-state index in [1.807, 2.05) is 43.3 Å². The van der Waals surface area contributed by atoms with Gasteiger partial charge >= 0.3 is 0 Å². The smallest absolute Gasteiger partial charge is 0.0906 e. The molecule has 20 heavy (non-hydrogen) atoms. The molecule has 3 heteroatoms. The summed E-state index contributed by atoms with van der Waals surface area (Å²) in [6.07, 6.45) is 0.755. The Morgan fingerprint density at radius 1 is 1.00 bits per heavy atom. The molecule has 0 spiro atoms. The molecular formula is C17H18NPS. The van der Waals surface area contributed by atoms with E-state index in [1.54, 1.807) is 0 Å². The van der Waals surface area contributed by atoms with Crippen molar-refractivity contribution in [2.45, 2.75) is 25.4 Å². The minimum absolute atomic E-state index is 0.523. The molecule has 0 aliphatic carbocycles. The second kappa shape index (κ2) is 5.92. The summed E-state index contributed by atoms with van der Waals surface area (Å²) in [6, 6.07) is 20.6. The van der Waals surface area contributed by atoms with Gasteiger partial charge in [-0.25, -0.2) is 0 Å². The molecule has 0 aromatic heterocycles. The lowest BCUT2D eigenvalue weighted by atomic mass is 10.1. The normalized spacial score (nSPS) is 14.2. The van der Waals surface area contributed by atoms with Crippen molar-refractivity contribution in [3.63, 3.8) is 0 Å². The maximum atomic E-state index is 9.75. The van der Waals surface area contributed by atoms with Gasteiger partial charge in [-0.05, 0) is 24.0 Å². The molecule has 2 aromatic rings. The van der Waals surface area contributed by atoms with Gasteiger partial charge in [-0.2, -0.15) is 5.26 Å². The zero-order chi connectivity index (χ0) is 14.6. The second-order valence-corrected chi connectivity index (χ2v) is 9.90. The summed E-state index contributed by atoms with van der Waals surface area (Å²) in [5.41, 5.74) is 0. The van der Waals surface area contributed by atoms with E-state index in [1.165, 1.54) is 0 Å². The lowest BCUT2D eigenvalue weighted by Gasteiger charge is -2.36. The molecule has 0 aliphatic heterocycles. The zero-order valence-electron chi connectivity index (χ0n) is 11.8. The molecule has 0 N–H and O–H groups in total. The van der Waals surface area contributed by atoms with E-state index >= 15 is 0 Å². The van der Waals surface area contributed by atoms with Crippen LogP contribution in [0.4, 0.5) is 0 Å². The average molecular weight is 299 g/mol. The Labute approximate surface area is 126 Å². The molecule has 102 valence electrons. The lowest BCUT2D eigenvalue weighted by molar-refractivity contribution is 0.759. The van der Waals surface area contributed by atoms with Crippen LogP contribution in [0.3, 0.4) is 0 Å². The van der Waals surface area contributed by atoms with E-state index in [9.17, 15) is 5.26 Å². The van der Waals surface area contributed by atoms with E-state index in [0.717, 1.165) is 17.0 Å². The van der Waals surface area contributed by atoms with Gasteiger partial charge in [0.2, 0.25) is 0 Å². The third-order valence-electron chi connectivity index (χ3n) is 3.86. The average Bonchev–Trinajstić information content (AvgIpc) is 2.54. The predicted octanol–water partition coefficient (Wildman–Crippen LogP) is 3.81. The van der Waals surface area contributed by atoms with Crippen molar-refractivity contribution in [3.05, 3.63) is 60.7 Å². The monoisotopic (exact) mass is 299 g/mol. The van der Waals surface area contributed by atoms with Crippen LogP contribution in [-0.2, 0) is 11.8 Å². The quantitative estimate of drug-likeness (QED) is 0.802. The molecule has 1 nitrogen and oxygen atoms in total. The van der Waals surface area contributed by atoms with Gasteiger partial charge < -0.3 is 0 Å². The van der Waals surface area contributed by atoms with E-state index in [4.69, 9.17) is 11.8 Å². The molecule has 0 aliphatic rings. The van der Waals surface area contributed by atoms with Crippen LogP contribution < -0.4 is 10.6 Å². The van der Waals surface area contributed by atoms with Gasteiger partial charge in [-0.1, -0.05) is 79.4 Å². The Morgan fingerprint density at radius 3 is 1.70 bits per heavy atom. The van der Waals surface area contributed by atoms with Crippen molar-refractivity contribution < 1.29 is 0 Å². The standard InChI is InChI=1S/C17H18NPS/c1-3-17(2,14-18)19(20,15-10-6-4-7-11-15)16-12-8-5-9-13-16/h4-13H,3H2,1-2H3. The number of rotatable bonds is 4. The van der Waals surface area contributed by atoms with E-state index < -0.39 is 11.2 Å². The molecule has 0 fully saturated rings. The van der Waals surface area contributed by atoms with Crippen molar-refractivity contribution in [3.8, 4) is 6.07 Å². The fourth-order valence-corrected chi connectivity index (χ4v) is 6.82. The summed E-state index contributed by atoms with van der Waals surface area (Å²) < 4.78 is 0. The van der Waals surface area contributed by atoms with Crippen molar-refractivity contribution >= 4 is 28.5 Å². The maximum Gasteiger partial charge on any atom is 0.0906 e. The number of hydrogen-bond acceptors (Lipinski definition) is 2. The van der Waals surface area contributed by atoms with Crippen molar-refractivity contribution in [2.75, 3.05) is 0 Å². The summed E-state index contributed by atoms with van der Waals surface area (Å²) in [4.78, 5) is 0. The Balaban J connectivity index is 2.76. The molecule has 0 saturated carbocycles. The van der Waals surface area contributed by atoms with E-state index in [-0.39, 0.29) is 0 Å². The van der Waals surface area contributed by atoms with Crippen LogP contribution in [0, 0.1) is 11.3 Å². The Morgan fingerprint density at radius 2 is 1.40 bits per heavy atom. The van der Waals surface area contributed by atoms with Gasteiger partial charge in [0, 0.05) is 6.04 Å². The third kappa shape index (κ3) is 2.33. The van der Waals surface area contributed by atoms with Crippen LogP contribution >= 0.6 is 6.04 Å². The number of benzene rings is 2. The van der Waals surface area contributed by atoms with Gasteiger partial charge in [-0.3, -0.25) is 0 Å². The van der Waals surface area contributed by atoms with Gasteiger partial charge in [-0.15, -0.1) is 0 Å². The van der Waals surface area contributed by atoms with Crippen LogP contribution in [0.25, 0.3) is 0 Å². The predicted molar refractivity (Wildman–Crippen MR) is 90.7 cm³/mol. The molecule has 1 unspecified atom stereocenters. The lowest BCUT2D eigenvalue weighted by Crippen LogP contribution is -2.33. The molecule has 0 saturated heterocycles. The van der Waals surface area contributed by atoms with Crippen LogP contribution in [-0.4, -0.2) is 5.16 Å². The highest BCUT2D eigenvalue weighted by atomic mass is 32.4. The molecule has 2 rings (SSSR count). The molecular weight excluding hydrogens is 281 g/mol. The van der Waals surface area contributed by atoms with Gasteiger partial charge in [0.25, 0.3) is 0 Å². The minimum Gasteiger partial charge on any atom is -0.197 e. The second-order valence-electron chi connectivity index (χ2n) is 5.02. The maximum absolute atomic E-state index is 9.75. The first kappa shape index (κ1) is 15.0. The van der Waals surface area contributed by atoms with Gasteiger partial charge in [0.05, 0.1) is 11.2 Å². The summed E-state index contributed by atoms with van der Waals surface area (Å²) in [5.74, 6) is 0. The third-order valence-corrected chi connectivity index (χ3v) is 10.2. The van der Waals surface area contributed by atoms with Crippen LogP contribution in [0.15, 0.2) is 60.7 Å². The molecule has 1 atom stereocenters. The van der Waals surface area contributed by atoms with Crippen LogP contribution in [0.2, 0.25) is 0 Å². The Bertz CT molecular complexity index is 617. The van der Waals surface area contributed by atoms with Gasteiger partial charge in [0.15, 0.2) is 0 Å². The SMILES string of the molecule is CCC(C)(C#N)P(=S)(c1ccccc1)c1ccccc1. The summed E-state index contributed by atoms with van der Waals surface area (Å²) in [5, 5.41) is 11.5. The number of nitrogens with zero attached hydrogens (tertiary/aromatic N) is 1. The van der Waals surface area contributed by atoms with Crippen molar-refractivity contribution in [2.24, 2.45) is 0 Å². The molecule has 0 bridgehead atoms. The van der Waals surface area contributed by atoms with Crippen LogP contribution in [0.5, 0.6) is 0 Å². The minimum atomic E-state index is -2.17. The first-order valence-corrected chi connectivity index (χ1v) is 9.51. The van der Waals surface area contributed by atoms with E-state index in [0.29, 0.717) is 0 Å². The zero-order valence-corrected chi connectivity index (χ0v) is 13.5. The highest BCUT2D eigenvalue weighted by molar-refractivity contribution is 8.22.